The van der Waals surface area contributed by atoms with Crippen molar-refractivity contribution in [2.24, 2.45) is 0 Å². The molecule has 0 bridgehead atoms. The van der Waals surface area contributed by atoms with Gasteiger partial charge < -0.3 is 5.32 Å². The molecule has 1 fully saturated rings. The number of hydrogen-bond donors (Lipinski definition) is 1. The van der Waals surface area contributed by atoms with E-state index in [2.05, 4.69) is 5.32 Å². The standard InChI is InChI=1S/C11H14F2N2/c1-15-6-5-14-7-10(15)8-3-2-4-9(12)11(8)13/h2-4,10,14H,5-7H2,1H3. The summed E-state index contributed by atoms with van der Waals surface area (Å²) in [6.07, 6.45) is 0. The maximum atomic E-state index is 13.5. The van der Waals surface area contributed by atoms with Crippen molar-refractivity contribution < 1.29 is 8.78 Å². The van der Waals surface area contributed by atoms with Gasteiger partial charge in [-0.15, -0.1) is 0 Å². The van der Waals surface area contributed by atoms with Crippen LogP contribution in [0.3, 0.4) is 0 Å². The minimum atomic E-state index is -0.772. The minimum Gasteiger partial charge on any atom is -0.314 e. The van der Waals surface area contributed by atoms with E-state index in [4.69, 9.17) is 0 Å². The van der Waals surface area contributed by atoms with Crippen LogP contribution in [0.15, 0.2) is 18.2 Å². The summed E-state index contributed by atoms with van der Waals surface area (Å²) in [7, 11) is 1.93. The predicted molar refractivity (Wildman–Crippen MR) is 54.6 cm³/mol. The van der Waals surface area contributed by atoms with E-state index < -0.39 is 11.6 Å². The quantitative estimate of drug-likeness (QED) is 0.759. The zero-order chi connectivity index (χ0) is 10.8. The molecule has 0 radical (unpaired) electrons. The summed E-state index contributed by atoms with van der Waals surface area (Å²) in [4.78, 5) is 2.04. The summed E-state index contributed by atoms with van der Waals surface area (Å²) in [6.45, 7) is 2.40. The highest BCUT2D eigenvalue weighted by molar-refractivity contribution is 5.23. The van der Waals surface area contributed by atoms with Gasteiger partial charge in [-0.3, -0.25) is 4.90 Å². The van der Waals surface area contributed by atoms with E-state index in [0.717, 1.165) is 19.2 Å². The highest BCUT2D eigenvalue weighted by Crippen LogP contribution is 2.24. The molecular formula is C11H14F2N2. The van der Waals surface area contributed by atoms with Gasteiger partial charge in [0.1, 0.15) is 0 Å². The molecule has 0 spiro atoms. The van der Waals surface area contributed by atoms with Gasteiger partial charge in [-0.1, -0.05) is 12.1 Å². The molecule has 1 heterocycles. The smallest absolute Gasteiger partial charge is 0.163 e. The van der Waals surface area contributed by atoms with Crippen LogP contribution >= 0.6 is 0 Å². The Labute approximate surface area is 87.9 Å². The maximum Gasteiger partial charge on any atom is 0.163 e. The van der Waals surface area contributed by atoms with E-state index in [-0.39, 0.29) is 6.04 Å². The molecule has 2 rings (SSSR count). The van der Waals surface area contributed by atoms with Gasteiger partial charge in [-0.05, 0) is 13.1 Å². The number of rotatable bonds is 1. The number of nitrogens with zero attached hydrogens (tertiary/aromatic N) is 1. The summed E-state index contributed by atoms with van der Waals surface area (Å²) in [5, 5.41) is 3.18. The lowest BCUT2D eigenvalue weighted by molar-refractivity contribution is 0.197. The van der Waals surface area contributed by atoms with Crippen LogP contribution in [0.5, 0.6) is 0 Å². The molecule has 0 saturated carbocycles. The number of benzene rings is 1. The zero-order valence-electron chi connectivity index (χ0n) is 8.63. The van der Waals surface area contributed by atoms with E-state index in [1.54, 1.807) is 12.1 Å². The van der Waals surface area contributed by atoms with Gasteiger partial charge in [0.05, 0.1) is 0 Å². The summed E-state index contributed by atoms with van der Waals surface area (Å²) in [5.74, 6) is -1.50. The van der Waals surface area contributed by atoms with Crippen LogP contribution in [0.2, 0.25) is 0 Å². The fraction of sp³-hybridized carbons (Fsp3) is 0.455. The van der Waals surface area contributed by atoms with Gasteiger partial charge in [0.2, 0.25) is 0 Å². The third-order valence-electron chi connectivity index (χ3n) is 2.85. The van der Waals surface area contributed by atoms with Gasteiger partial charge in [0, 0.05) is 31.2 Å². The fourth-order valence-corrected chi connectivity index (χ4v) is 1.93. The Hall–Kier alpha value is -1.00. The molecule has 1 aromatic carbocycles. The zero-order valence-corrected chi connectivity index (χ0v) is 8.63. The van der Waals surface area contributed by atoms with Crippen LogP contribution in [0.1, 0.15) is 11.6 Å². The summed E-state index contributed by atoms with van der Waals surface area (Å²) in [6, 6.07) is 4.27. The van der Waals surface area contributed by atoms with Crippen molar-refractivity contribution in [3.05, 3.63) is 35.4 Å². The molecule has 0 amide bonds. The lowest BCUT2D eigenvalue weighted by atomic mass is 10.0. The van der Waals surface area contributed by atoms with Crippen molar-refractivity contribution in [3.63, 3.8) is 0 Å². The predicted octanol–water partition coefficient (Wildman–Crippen LogP) is 1.54. The van der Waals surface area contributed by atoms with Gasteiger partial charge >= 0.3 is 0 Å². The lowest BCUT2D eigenvalue weighted by Gasteiger charge is -2.33. The SMILES string of the molecule is CN1CCNCC1c1cccc(F)c1F. The normalized spacial score (nSPS) is 23.0. The fourth-order valence-electron chi connectivity index (χ4n) is 1.93. The van der Waals surface area contributed by atoms with Crippen molar-refractivity contribution in [2.45, 2.75) is 6.04 Å². The average molecular weight is 212 g/mol. The van der Waals surface area contributed by atoms with E-state index in [0.29, 0.717) is 12.1 Å². The van der Waals surface area contributed by atoms with Crippen LogP contribution in [-0.4, -0.2) is 31.6 Å². The highest BCUT2D eigenvalue weighted by Gasteiger charge is 2.24. The van der Waals surface area contributed by atoms with Crippen molar-refractivity contribution in [3.8, 4) is 0 Å². The van der Waals surface area contributed by atoms with Crippen LogP contribution < -0.4 is 5.32 Å². The molecule has 1 unspecified atom stereocenters. The van der Waals surface area contributed by atoms with Crippen molar-refractivity contribution in [1.29, 1.82) is 0 Å². The Morgan fingerprint density at radius 2 is 2.20 bits per heavy atom. The van der Waals surface area contributed by atoms with E-state index in [1.807, 2.05) is 11.9 Å². The van der Waals surface area contributed by atoms with E-state index in [1.165, 1.54) is 0 Å². The van der Waals surface area contributed by atoms with Crippen molar-refractivity contribution in [1.82, 2.24) is 10.2 Å². The Balaban J connectivity index is 2.31. The third kappa shape index (κ3) is 2.01. The minimum absolute atomic E-state index is 0.0746. The molecule has 82 valence electrons. The van der Waals surface area contributed by atoms with Gasteiger partial charge in [-0.2, -0.15) is 0 Å². The van der Waals surface area contributed by atoms with E-state index >= 15 is 0 Å². The lowest BCUT2D eigenvalue weighted by Crippen LogP contribution is -2.44. The third-order valence-corrected chi connectivity index (χ3v) is 2.85. The molecule has 15 heavy (non-hydrogen) atoms. The summed E-state index contributed by atoms with van der Waals surface area (Å²) in [5.41, 5.74) is 0.435. The molecule has 1 aliphatic rings. The number of likely N-dealkylation sites (N-methyl/N-ethyl adjacent to an activating group) is 1. The Bertz CT molecular complexity index is 354. The van der Waals surface area contributed by atoms with Gasteiger partial charge in [0.15, 0.2) is 11.6 Å². The van der Waals surface area contributed by atoms with E-state index in [9.17, 15) is 8.78 Å². The van der Waals surface area contributed by atoms with Crippen LogP contribution in [-0.2, 0) is 0 Å². The molecule has 1 aromatic rings. The molecule has 4 heteroatoms. The molecular weight excluding hydrogens is 198 g/mol. The first-order chi connectivity index (χ1) is 7.20. The molecule has 1 atom stereocenters. The Morgan fingerprint density at radius 1 is 1.40 bits per heavy atom. The van der Waals surface area contributed by atoms with Crippen molar-refractivity contribution >= 4 is 0 Å². The second-order valence-corrected chi connectivity index (χ2v) is 3.84. The van der Waals surface area contributed by atoms with Gasteiger partial charge in [-0.25, -0.2) is 8.78 Å². The van der Waals surface area contributed by atoms with Crippen LogP contribution in [0.25, 0.3) is 0 Å². The molecule has 0 aliphatic carbocycles. The van der Waals surface area contributed by atoms with Gasteiger partial charge in [0.25, 0.3) is 0 Å². The molecule has 1 saturated heterocycles. The van der Waals surface area contributed by atoms with Crippen LogP contribution in [0, 0.1) is 11.6 Å². The number of hydrogen-bond acceptors (Lipinski definition) is 2. The molecule has 1 N–H and O–H groups in total. The Morgan fingerprint density at radius 3 is 2.93 bits per heavy atom. The first-order valence-electron chi connectivity index (χ1n) is 5.05. The second-order valence-electron chi connectivity index (χ2n) is 3.84. The number of piperazine rings is 1. The highest BCUT2D eigenvalue weighted by atomic mass is 19.2. The summed E-state index contributed by atoms with van der Waals surface area (Å²) >= 11 is 0. The molecule has 2 nitrogen and oxygen atoms in total. The van der Waals surface area contributed by atoms with Crippen molar-refractivity contribution in [2.75, 3.05) is 26.7 Å². The molecule has 1 aliphatic heterocycles. The largest absolute Gasteiger partial charge is 0.314 e. The first-order valence-corrected chi connectivity index (χ1v) is 5.05. The topological polar surface area (TPSA) is 15.3 Å². The number of nitrogens with one attached hydrogen (secondary N) is 1. The first kappa shape index (κ1) is 10.5. The monoisotopic (exact) mass is 212 g/mol. The summed E-state index contributed by atoms with van der Waals surface area (Å²) < 4.78 is 26.6. The Kier molecular flexibility index (Phi) is 2.98. The second kappa shape index (κ2) is 4.24. The maximum absolute atomic E-state index is 13.5. The molecule has 0 aromatic heterocycles. The number of halogens is 2. The van der Waals surface area contributed by atoms with Crippen LogP contribution in [0.4, 0.5) is 8.78 Å². The average Bonchev–Trinajstić information content (AvgIpc) is 2.23.